The smallest absolute Gasteiger partial charge is 0.138 e. The maximum Gasteiger partial charge on any atom is 0.138 e. The van der Waals surface area contributed by atoms with Crippen LogP contribution < -0.4 is 0 Å². The van der Waals surface area contributed by atoms with Crippen LogP contribution in [0.4, 0.5) is 0 Å². The second-order valence-corrected chi connectivity index (χ2v) is 5.97. The number of likely N-dealkylation sites (tertiary alicyclic amines) is 1. The molecule has 2 heterocycles. The monoisotopic (exact) mass is 277 g/mol. The van der Waals surface area contributed by atoms with Gasteiger partial charge in [-0.25, -0.2) is 0 Å². The van der Waals surface area contributed by atoms with Crippen LogP contribution in [-0.4, -0.2) is 43.9 Å². The first-order chi connectivity index (χ1) is 9.61. The third-order valence-electron chi connectivity index (χ3n) is 4.50. The van der Waals surface area contributed by atoms with Crippen molar-refractivity contribution in [1.29, 1.82) is 0 Å². The quantitative estimate of drug-likeness (QED) is 0.736. The summed E-state index contributed by atoms with van der Waals surface area (Å²) in [5.41, 5.74) is 1.14. The molecule has 1 spiro atoms. The lowest BCUT2D eigenvalue weighted by Gasteiger charge is -2.48. The molecule has 1 saturated heterocycles. The summed E-state index contributed by atoms with van der Waals surface area (Å²) in [4.78, 5) is 2.36. The van der Waals surface area contributed by atoms with Gasteiger partial charge in [0, 0.05) is 39.5 Å². The van der Waals surface area contributed by atoms with Crippen LogP contribution in [-0.2, 0) is 9.47 Å². The van der Waals surface area contributed by atoms with Gasteiger partial charge in [-0.05, 0) is 32.0 Å². The maximum atomic E-state index is 6.43. The highest BCUT2D eigenvalue weighted by molar-refractivity contribution is 5.25. The van der Waals surface area contributed by atoms with Crippen molar-refractivity contribution in [3.8, 4) is 0 Å². The molecule has 2 aliphatic rings. The van der Waals surface area contributed by atoms with Crippen LogP contribution in [0.2, 0.25) is 0 Å². The average Bonchev–Trinajstić information content (AvgIpc) is 2.45. The highest BCUT2D eigenvalue weighted by atomic mass is 16.6. The molecule has 0 radical (unpaired) electrons. The van der Waals surface area contributed by atoms with Gasteiger partial charge in [0.1, 0.15) is 17.5 Å². The number of piperidine rings is 1. The summed E-state index contributed by atoms with van der Waals surface area (Å²) in [6, 6.07) is 0. The first-order valence-electron chi connectivity index (χ1n) is 7.49. The Labute approximate surface area is 122 Å². The molecule has 3 nitrogen and oxygen atoms in total. The molecule has 0 aromatic heterocycles. The highest BCUT2D eigenvalue weighted by Crippen LogP contribution is 2.40. The first kappa shape index (κ1) is 15.3. The van der Waals surface area contributed by atoms with Crippen LogP contribution in [0.5, 0.6) is 0 Å². The van der Waals surface area contributed by atoms with Crippen LogP contribution in [0.3, 0.4) is 0 Å². The van der Waals surface area contributed by atoms with Crippen molar-refractivity contribution in [2.24, 2.45) is 0 Å². The Bertz CT molecular complexity index is 403. The number of nitrogens with zero attached hydrogens (tertiary/aromatic N) is 1. The van der Waals surface area contributed by atoms with Gasteiger partial charge in [-0.3, -0.25) is 0 Å². The van der Waals surface area contributed by atoms with E-state index in [4.69, 9.17) is 9.47 Å². The largest absolute Gasteiger partial charge is 0.485 e. The summed E-state index contributed by atoms with van der Waals surface area (Å²) < 4.78 is 12.2. The van der Waals surface area contributed by atoms with Crippen molar-refractivity contribution in [2.75, 3.05) is 27.2 Å². The highest BCUT2D eigenvalue weighted by Gasteiger charge is 2.46. The molecule has 0 aliphatic carbocycles. The Balaban J connectivity index is 2.18. The fourth-order valence-electron chi connectivity index (χ4n) is 3.10. The van der Waals surface area contributed by atoms with Crippen LogP contribution in [0, 0.1) is 0 Å². The van der Waals surface area contributed by atoms with Gasteiger partial charge in [0.2, 0.25) is 0 Å². The number of methoxy groups -OCH3 is 1. The lowest BCUT2D eigenvalue weighted by molar-refractivity contribution is -0.143. The molecular formula is C17H27NO2. The Morgan fingerprint density at radius 3 is 2.75 bits per heavy atom. The van der Waals surface area contributed by atoms with Crippen LogP contribution >= 0.6 is 0 Å². The zero-order valence-electron chi connectivity index (χ0n) is 13.0. The number of rotatable bonds is 4. The fraction of sp³-hybridized carbons (Fsp3) is 0.647. The molecule has 2 aliphatic heterocycles. The molecule has 0 aromatic rings. The molecule has 1 unspecified atom stereocenters. The number of allylic oxidation sites excluding steroid dienone is 3. The molecule has 20 heavy (non-hydrogen) atoms. The van der Waals surface area contributed by atoms with Gasteiger partial charge in [0.15, 0.2) is 0 Å². The van der Waals surface area contributed by atoms with E-state index in [0.29, 0.717) is 0 Å². The van der Waals surface area contributed by atoms with Crippen LogP contribution in [0.25, 0.3) is 0 Å². The van der Waals surface area contributed by atoms with Crippen molar-refractivity contribution in [3.05, 3.63) is 36.1 Å². The Hall–Kier alpha value is -1.06. The maximum absolute atomic E-state index is 6.43. The molecule has 2 rings (SSSR count). The molecule has 112 valence electrons. The van der Waals surface area contributed by atoms with E-state index in [1.54, 1.807) is 7.11 Å². The molecular weight excluding hydrogens is 250 g/mol. The minimum Gasteiger partial charge on any atom is -0.485 e. The van der Waals surface area contributed by atoms with Crippen molar-refractivity contribution in [2.45, 2.75) is 44.3 Å². The van der Waals surface area contributed by atoms with Gasteiger partial charge in [0.25, 0.3) is 0 Å². The zero-order valence-corrected chi connectivity index (χ0v) is 13.0. The second-order valence-electron chi connectivity index (χ2n) is 5.97. The van der Waals surface area contributed by atoms with E-state index >= 15 is 0 Å². The molecule has 3 heteroatoms. The van der Waals surface area contributed by atoms with Gasteiger partial charge >= 0.3 is 0 Å². The van der Waals surface area contributed by atoms with Gasteiger partial charge in [-0.1, -0.05) is 12.2 Å². The molecule has 0 bridgehead atoms. The lowest BCUT2D eigenvalue weighted by atomic mass is 9.80. The van der Waals surface area contributed by atoms with E-state index in [1.165, 1.54) is 5.57 Å². The van der Waals surface area contributed by atoms with Gasteiger partial charge < -0.3 is 14.4 Å². The van der Waals surface area contributed by atoms with E-state index in [9.17, 15) is 0 Å². The van der Waals surface area contributed by atoms with E-state index in [-0.39, 0.29) is 11.7 Å². The van der Waals surface area contributed by atoms with E-state index < -0.39 is 0 Å². The van der Waals surface area contributed by atoms with Crippen molar-refractivity contribution in [3.63, 3.8) is 0 Å². The average molecular weight is 277 g/mol. The second kappa shape index (κ2) is 6.59. The summed E-state index contributed by atoms with van der Waals surface area (Å²) in [6.07, 6.45) is 10.2. The Morgan fingerprint density at radius 2 is 2.15 bits per heavy atom. The lowest BCUT2D eigenvalue weighted by Crippen LogP contribution is -2.54. The van der Waals surface area contributed by atoms with E-state index in [0.717, 1.165) is 44.5 Å². The summed E-state index contributed by atoms with van der Waals surface area (Å²) >= 11 is 0. The molecule has 1 fully saturated rings. The number of hydrogen-bond acceptors (Lipinski definition) is 3. The fourth-order valence-corrected chi connectivity index (χ4v) is 3.10. The Morgan fingerprint density at radius 1 is 1.45 bits per heavy atom. The minimum atomic E-state index is -0.144. The van der Waals surface area contributed by atoms with Crippen molar-refractivity contribution < 1.29 is 9.47 Å². The molecule has 0 amide bonds. The summed E-state index contributed by atoms with van der Waals surface area (Å²) in [6.45, 7) is 8.03. The normalized spacial score (nSPS) is 27.1. The first-order valence-corrected chi connectivity index (χ1v) is 7.49. The molecule has 0 N–H and O–H groups in total. The topological polar surface area (TPSA) is 21.7 Å². The minimum absolute atomic E-state index is 0.144. The van der Waals surface area contributed by atoms with Gasteiger partial charge in [-0.2, -0.15) is 0 Å². The van der Waals surface area contributed by atoms with E-state index in [2.05, 4.69) is 37.6 Å². The van der Waals surface area contributed by atoms with Crippen LogP contribution in [0.1, 0.15) is 32.6 Å². The van der Waals surface area contributed by atoms with Crippen molar-refractivity contribution in [1.82, 2.24) is 4.90 Å². The summed E-state index contributed by atoms with van der Waals surface area (Å²) in [5, 5.41) is 0. The third-order valence-corrected chi connectivity index (χ3v) is 4.50. The standard InChI is InChI=1S/C17H27NO2/c1-5-6-7-8-15-14(2)13-16(19-4)17(20-15)9-11-18(3)12-10-17/h5,7-8,16H,1,6,9-13H2,2-4H3/b8-7-. The summed E-state index contributed by atoms with van der Waals surface area (Å²) in [5.74, 6) is 1.03. The van der Waals surface area contributed by atoms with E-state index in [1.807, 2.05) is 6.08 Å². The SMILES string of the molecule is C=CC/C=C\C1=C(C)CC(OC)C2(CCN(C)CC2)O1. The molecule has 0 aromatic carbocycles. The van der Waals surface area contributed by atoms with Gasteiger partial charge in [-0.15, -0.1) is 6.58 Å². The molecule has 0 saturated carbocycles. The Kier molecular flexibility index (Phi) is 5.06. The number of ether oxygens (including phenoxy) is 2. The van der Waals surface area contributed by atoms with Crippen LogP contribution in [0.15, 0.2) is 36.1 Å². The predicted molar refractivity (Wildman–Crippen MR) is 82.6 cm³/mol. The summed E-state index contributed by atoms with van der Waals surface area (Å²) in [7, 11) is 3.98. The predicted octanol–water partition coefficient (Wildman–Crippen LogP) is 3.29. The zero-order chi connectivity index (χ0) is 14.6. The van der Waals surface area contributed by atoms with Crippen molar-refractivity contribution >= 4 is 0 Å². The third kappa shape index (κ3) is 3.15. The van der Waals surface area contributed by atoms with Gasteiger partial charge in [0.05, 0.1) is 0 Å². The molecule has 1 atom stereocenters. The number of hydrogen-bond donors (Lipinski definition) is 0.